The summed E-state index contributed by atoms with van der Waals surface area (Å²) in [6.45, 7) is 4.09. The Morgan fingerprint density at radius 3 is 3.00 bits per heavy atom. The lowest BCUT2D eigenvalue weighted by molar-refractivity contribution is 0.576. The van der Waals surface area contributed by atoms with Gasteiger partial charge in [-0.1, -0.05) is 0 Å². The van der Waals surface area contributed by atoms with Crippen molar-refractivity contribution in [2.45, 2.75) is 19.8 Å². The summed E-state index contributed by atoms with van der Waals surface area (Å²) in [6, 6.07) is 2.05. The SMILES string of the molecule is Cc1cc(N2CCC(Cc3cnccn3)C2)ncn1. The van der Waals surface area contributed by atoms with Crippen LogP contribution in [0.5, 0.6) is 0 Å². The van der Waals surface area contributed by atoms with E-state index in [-0.39, 0.29) is 0 Å². The molecule has 3 heterocycles. The average molecular weight is 255 g/mol. The Morgan fingerprint density at radius 2 is 2.21 bits per heavy atom. The molecule has 2 aromatic heterocycles. The number of hydrogen-bond donors (Lipinski definition) is 0. The monoisotopic (exact) mass is 255 g/mol. The van der Waals surface area contributed by atoms with Gasteiger partial charge in [0.15, 0.2) is 0 Å². The van der Waals surface area contributed by atoms with Crippen LogP contribution in [0.4, 0.5) is 5.82 Å². The number of aryl methyl sites for hydroxylation is 1. The van der Waals surface area contributed by atoms with Crippen LogP contribution in [0, 0.1) is 12.8 Å². The van der Waals surface area contributed by atoms with Crippen molar-refractivity contribution in [3.8, 4) is 0 Å². The number of anilines is 1. The predicted molar refractivity (Wildman–Crippen MR) is 72.8 cm³/mol. The predicted octanol–water partition coefficient (Wildman–Crippen LogP) is 1.64. The van der Waals surface area contributed by atoms with Gasteiger partial charge in [0.25, 0.3) is 0 Å². The minimum atomic E-state index is 0.631. The zero-order valence-corrected chi connectivity index (χ0v) is 11.0. The van der Waals surface area contributed by atoms with Gasteiger partial charge in [0.1, 0.15) is 12.1 Å². The minimum absolute atomic E-state index is 0.631. The first-order chi connectivity index (χ1) is 9.31. The van der Waals surface area contributed by atoms with E-state index in [9.17, 15) is 0 Å². The van der Waals surface area contributed by atoms with E-state index in [4.69, 9.17) is 0 Å². The van der Waals surface area contributed by atoms with Crippen LogP contribution in [0.1, 0.15) is 17.8 Å². The lowest BCUT2D eigenvalue weighted by atomic mass is 10.0. The summed E-state index contributed by atoms with van der Waals surface area (Å²) in [5, 5.41) is 0. The quantitative estimate of drug-likeness (QED) is 0.834. The Kier molecular flexibility index (Phi) is 3.35. The fourth-order valence-corrected chi connectivity index (χ4v) is 2.55. The van der Waals surface area contributed by atoms with Gasteiger partial charge in [-0.15, -0.1) is 0 Å². The van der Waals surface area contributed by atoms with E-state index in [0.29, 0.717) is 5.92 Å². The number of nitrogens with zero attached hydrogens (tertiary/aromatic N) is 5. The van der Waals surface area contributed by atoms with E-state index >= 15 is 0 Å². The summed E-state index contributed by atoms with van der Waals surface area (Å²) in [6.07, 6.45) is 9.15. The average Bonchev–Trinajstić information content (AvgIpc) is 2.88. The van der Waals surface area contributed by atoms with Crippen LogP contribution < -0.4 is 4.90 Å². The summed E-state index contributed by atoms with van der Waals surface area (Å²) in [5.74, 6) is 1.67. The van der Waals surface area contributed by atoms with E-state index in [1.54, 1.807) is 18.7 Å². The van der Waals surface area contributed by atoms with Crippen LogP contribution >= 0.6 is 0 Å². The first kappa shape index (κ1) is 12.0. The van der Waals surface area contributed by atoms with Crippen molar-refractivity contribution in [2.24, 2.45) is 5.92 Å². The smallest absolute Gasteiger partial charge is 0.132 e. The molecule has 2 aromatic rings. The second-order valence-electron chi connectivity index (χ2n) is 5.02. The maximum Gasteiger partial charge on any atom is 0.132 e. The maximum atomic E-state index is 4.35. The Balaban J connectivity index is 1.64. The zero-order valence-electron chi connectivity index (χ0n) is 11.0. The first-order valence-electron chi connectivity index (χ1n) is 6.60. The van der Waals surface area contributed by atoms with Crippen molar-refractivity contribution in [2.75, 3.05) is 18.0 Å². The van der Waals surface area contributed by atoms with E-state index in [1.807, 2.05) is 19.2 Å². The molecule has 19 heavy (non-hydrogen) atoms. The molecule has 1 aliphatic heterocycles. The molecule has 1 saturated heterocycles. The molecule has 5 heteroatoms. The molecule has 0 bridgehead atoms. The van der Waals surface area contributed by atoms with Gasteiger partial charge < -0.3 is 4.90 Å². The molecule has 3 rings (SSSR count). The van der Waals surface area contributed by atoms with Crippen molar-refractivity contribution in [3.05, 3.63) is 42.4 Å². The molecule has 0 N–H and O–H groups in total. The van der Waals surface area contributed by atoms with Gasteiger partial charge in [0.05, 0.1) is 5.69 Å². The summed E-state index contributed by atoms with van der Waals surface area (Å²) in [5.41, 5.74) is 2.09. The van der Waals surface area contributed by atoms with Gasteiger partial charge in [0.2, 0.25) is 0 Å². The van der Waals surface area contributed by atoms with Crippen molar-refractivity contribution in [3.63, 3.8) is 0 Å². The van der Waals surface area contributed by atoms with Gasteiger partial charge in [-0.05, 0) is 25.7 Å². The van der Waals surface area contributed by atoms with E-state index in [1.165, 1.54) is 6.42 Å². The molecule has 5 nitrogen and oxygen atoms in total. The third kappa shape index (κ3) is 2.86. The standard InChI is InChI=1S/C14H17N5/c1-11-6-14(18-10-17-11)19-5-2-12(9-19)7-13-8-15-3-4-16-13/h3-4,6,8,10,12H,2,5,7,9H2,1H3. The lowest BCUT2D eigenvalue weighted by Gasteiger charge is -2.17. The molecule has 0 saturated carbocycles. The minimum Gasteiger partial charge on any atom is -0.356 e. The van der Waals surface area contributed by atoms with Gasteiger partial charge in [0, 0.05) is 43.4 Å². The number of hydrogen-bond acceptors (Lipinski definition) is 5. The van der Waals surface area contributed by atoms with Crippen LogP contribution in [0.15, 0.2) is 31.0 Å². The molecule has 0 aromatic carbocycles. The van der Waals surface area contributed by atoms with Crippen molar-refractivity contribution in [1.29, 1.82) is 0 Å². The molecule has 0 spiro atoms. The Labute approximate surface area is 112 Å². The number of aromatic nitrogens is 4. The van der Waals surface area contributed by atoms with Gasteiger partial charge in [-0.2, -0.15) is 0 Å². The summed E-state index contributed by atoms with van der Waals surface area (Å²) < 4.78 is 0. The van der Waals surface area contributed by atoms with Crippen LogP contribution in [0.25, 0.3) is 0 Å². The Morgan fingerprint density at radius 1 is 1.26 bits per heavy atom. The van der Waals surface area contributed by atoms with E-state index in [0.717, 1.165) is 36.7 Å². The molecule has 1 fully saturated rings. The third-order valence-electron chi connectivity index (χ3n) is 3.51. The Hall–Kier alpha value is -2.04. The molecule has 98 valence electrons. The molecule has 0 aliphatic carbocycles. The molecule has 1 atom stereocenters. The summed E-state index contributed by atoms with van der Waals surface area (Å²) >= 11 is 0. The molecule has 0 amide bonds. The Bertz CT molecular complexity index is 543. The second kappa shape index (κ2) is 5.30. The lowest BCUT2D eigenvalue weighted by Crippen LogP contribution is -2.21. The van der Waals surface area contributed by atoms with Crippen molar-refractivity contribution in [1.82, 2.24) is 19.9 Å². The largest absolute Gasteiger partial charge is 0.356 e. The van der Waals surface area contributed by atoms with Crippen molar-refractivity contribution < 1.29 is 0 Å². The van der Waals surface area contributed by atoms with Crippen LogP contribution in [-0.2, 0) is 6.42 Å². The fourth-order valence-electron chi connectivity index (χ4n) is 2.55. The van der Waals surface area contributed by atoms with Crippen LogP contribution in [-0.4, -0.2) is 33.0 Å². The van der Waals surface area contributed by atoms with Crippen LogP contribution in [0.3, 0.4) is 0 Å². The molecule has 0 radical (unpaired) electrons. The van der Waals surface area contributed by atoms with Crippen molar-refractivity contribution >= 4 is 5.82 Å². The van der Waals surface area contributed by atoms with E-state index < -0.39 is 0 Å². The zero-order chi connectivity index (χ0) is 13.1. The van der Waals surface area contributed by atoms with Gasteiger partial charge in [-0.3, -0.25) is 9.97 Å². The van der Waals surface area contributed by atoms with E-state index in [2.05, 4.69) is 24.8 Å². The highest BCUT2D eigenvalue weighted by Gasteiger charge is 2.24. The maximum absolute atomic E-state index is 4.35. The van der Waals surface area contributed by atoms with Crippen LogP contribution in [0.2, 0.25) is 0 Å². The highest BCUT2D eigenvalue weighted by molar-refractivity contribution is 5.39. The normalized spacial score (nSPS) is 18.8. The highest BCUT2D eigenvalue weighted by atomic mass is 15.2. The molecular formula is C14H17N5. The summed E-state index contributed by atoms with van der Waals surface area (Å²) in [4.78, 5) is 19.3. The highest BCUT2D eigenvalue weighted by Crippen LogP contribution is 2.24. The number of rotatable bonds is 3. The topological polar surface area (TPSA) is 54.8 Å². The first-order valence-corrected chi connectivity index (χ1v) is 6.60. The fraction of sp³-hybridized carbons (Fsp3) is 0.429. The molecule has 1 aliphatic rings. The third-order valence-corrected chi connectivity index (χ3v) is 3.51. The van der Waals surface area contributed by atoms with Gasteiger partial charge >= 0.3 is 0 Å². The molecular weight excluding hydrogens is 238 g/mol. The summed E-state index contributed by atoms with van der Waals surface area (Å²) in [7, 11) is 0. The molecule has 1 unspecified atom stereocenters. The second-order valence-corrected chi connectivity index (χ2v) is 5.02. The van der Waals surface area contributed by atoms with Gasteiger partial charge in [-0.25, -0.2) is 9.97 Å².